The number of H-pyrrole nitrogens is 1. The first-order valence-electron chi connectivity index (χ1n) is 12.7. The van der Waals surface area contributed by atoms with Crippen molar-refractivity contribution in [2.75, 3.05) is 33.9 Å². The summed E-state index contributed by atoms with van der Waals surface area (Å²) in [6.45, 7) is 5.68. The Labute approximate surface area is 217 Å². The highest BCUT2D eigenvalue weighted by atomic mass is 16.3. The molecule has 1 aromatic heterocycles. The molecule has 37 heavy (non-hydrogen) atoms. The maximum absolute atomic E-state index is 12.5. The number of piperidine rings is 1. The molecule has 1 fully saturated rings. The van der Waals surface area contributed by atoms with Crippen molar-refractivity contribution >= 4 is 40.0 Å². The number of benzene rings is 3. The number of rotatable bonds is 7. The molecule has 1 amide bonds. The number of aryl methyl sites for hydroxylation is 1. The maximum atomic E-state index is 12.5. The molecular formula is C30H33N5O2. The highest BCUT2D eigenvalue weighted by molar-refractivity contribution is 6.05. The van der Waals surface area contributed by atoms with Crippen molar-refractivity contribution in [2.24, 2.45) is 0 Å². The fourth-order valence-electron chi connectivity index (χ4n) is 4.52. The van der Waals surface area contributed by atoms with E-state index in [-0.39, 0.29) is 12.0 Å². The molecular weight excluding hydrogens is 462 g/mol. The van der Waals surface area contributed by atoms with Gasteiger partial charge < -0.3 is 30.9 Å². The van der Waals surface area contributed by atoms with Crippen molar-refractivity contribution in [1.29, 1.82) is 0 Å². The Hall–Kier alpha value is -4.23. The predicted molar refractivity (Wildman–Crippen MR) is 152 cm³/mol. The van der Waals surface area contributed by atoms with E-state index in [9.17, 15) is 9.90 Å². The summed E-state index contributed by atoms with van der Waals surface area (Å²) in [5, 5.41) is 19.5. The number of anilines is 6. The molecule has 1 aliphatic rings. The van der Waals surface area contributed by atoms with Gasteiger partial charge in [0.05, 0.1) is 11.7 Å². The molecule has 1 saturated heterocycles. The number of aliphatic hydroxyl groups is 1. The molecule has 0 saturated carbocycles. The lowest BCUT2D eigenvalue weighted by Crippen LogP contribution is -2.35. The molecule has 5 rings (SSSR count). The van der Waals surface area contributed by atoms with E-state index in [0.717, 1.165) is 65.6 Å². The molecule has 3 aromatic carbocycles. The zero-order valence-electron chi connectivity index (χ0n) is 21.2. The first kappa shape index (κ1) is 24.5. The number of carbonyl (C=O) groups is 1. The number of aromatic amines is 1. The van der Waals surface area contributed by atoms with Crippen LogP contribution in [0.3, 0.4) is 0 Å². The van der Waals surface area contributed by atoms with Crippen molar-refractivity contribution in [2.45, 2.75) is 32.8 Å². The number of hydrogen-bond donors (Lipinski definition) is 5. The van der Waals surface area contributed by atoms with Gasteiger partial charge in [-0.05, 0) is 105 Å². The van der Waals surface area contributed by atoms with Gasteiger partial charge in [-0.2, -0.15) is 0 Å². The lowest BCUT2D eigenvalue weighted by molar-refractivity contribution is 0.102. The van der Waals surface area contributed by atoms with Crippen molar-refractivity contribution in [3.8, 4) is 0 Å². The summed E-state index contributed by atoms with van der Waals surface area (Å²) in [7, 11) is 0. The third-order valence-electron chi connectivity index (χ3n) is 6.95. The molecule has 5 N–H and O–H groups in total. The Kier molecular flexibility index (Phi) is 7.14. The zero-order valence-corrected chi connectivity index (χ0v) is 21.2. The van der Waals surface area contributed by atoms with Gasteiger partial charge in [0, 0.05) is 59.1 Å². The summed E-state index contributed by atoms with van der Waals surface area (Å²) in [6, 6.07) is 24.2. The lowest BCUT2D eigenvalue weighted by Gasteiger charge is -2.31. The van der Waals surface area contributed by atoms with E-state index in [2.05, 4.69) is 50.1 Å². The number of aromatic nitrogens is 1. The van der Waals surface area contributed by atoms with E-state index in [1.54, 1.807) is 6.20 Å². The predicted octanol–water partition coefficient (Wildman–Crippen LogP) is 6.33. The van der Waals surface area contributed by atoms with Crippen LogP contribution in [-0.2, 0) is 0 Å². The minimum Gasteiger partial charge on any atom is -0.393 e. The Bertz CT molecular complexity index is 1340. The van der Waals surface area contributed by atoms with Crippen molar-refractivity contribution in [3.05, 3.63) is 95.8 Å². The highest BCUT2D eigenvalue weighted by Crippen LogP contribution is 2.26. The second kappa shape index (κ2) is 10.8. The van der Waals surface area contributed by atoms with Gasteiger partial charge in [0.1, 0.15) is 0 Å². The summed E-state index contributed by atoms with van der Waals surface area (Å²) >= 11 is 0. The van der Waals surface area contributed by atoms with E-state index in [1.165, 1.54) is 5.69 Å². The Morgan fingerprint density at radius 3 is 1.70 bits per heavy atom. The van der Waals surface area contributed by atoms with Crippen LogP contribution in [-0.4, -0.2) is 35.2 Å². The van der Waals surface area contributed by atoms with Crippen LogP contribution in [0.4, 0.5) is 34.1 Å². The number of nitrogens with one attached hydrogen (secondary N) is 4. The second-order valence-electron chi connectivity index (χ2n) is 9.58. The number of carbonyl (C=O) groups excluding carboxylic acids is 1. The van der Waals surface area contributed by atoms with Crippen LogP contribution in [0.15, 0.2) is 79.0 Å². The molecule has 0 bridgehead atoms. The van der Waals surface area contributed by atoms with E-state index < -0.39 is 0 Å². The number of nitrogens with zero attached hydrogens (tertiary/aromatic N) is 1. The standard InChI is InChI=1S/C30H33N5O2/c1-20-21(2)31-19-29(20)30(37)34-26-9-7-24(8-10-26)32-22-3-5-23(6-4-22)33-25-11-13-27(14-12-25)35-17-15-28(36)16-18-35/h3-14,19,28,31-33,36H,15-18H2,1-2H3,(H,34,37). The summed E-state index contributed by atoms with van der Waals surface area (Å²) in [5.74, 6) is -0.119. The highest BCUT2D eigenvalue weighted by Gasteiger charge is 2.17. The van der Waals surface area contributed by atoms with E-state index >= 15 is 0 Å². The average Bonchev–Trinajstić information content (AvgIpc) is 3.25. The molecule has 7 heteroatoms. The Morgan fingerprint density at radius 1 is 0.784 bits per heavy atom. The van der Waals surface area contributed by atoms with Crippen molar-refractivity contribution < 1.29 is 9.90 Å². The normalized spacial score (nSPS) is 13.9. The van der Waals surface area contributed by atoms with Gasteiger partial charge in [0.25, 0.3) is 5.91 Å². The van der Waals surface area contributed by atoms with Gasteiger partial charge in [-0.3, -0.25) is 4.79 Å². The summed E-state index contributed by atoms with van der Waals surface area (Å²) in [5.41, 5.74) is 8.51. The van der Waals surface area contributed by atoms with Gasteiger partial charge in [0.2, 0.25) is 0 Å². The van der Waals surface area contributed by atoms with Gasteiger partial charge >= 0.3 is 0 Å². The third-order valence-corrected chi connectivity index (χ3v) is 6.95. The quantitative estimate of drug-likeness (QED) is 0.207. The van der Waals surface area contributed by atoms with E-state index in [1.807, 2.05) is 62.4 Å². The van der Waals surface area contributed by atoms with Gasteiger partial charge in [-0.1, -0.05) is 0 Å². The first-order valence-corrected chi connectivity index (χ1v) is 12.7. The van der Waals surface area contributed by atoms with Crippen LogP contribution in [0.25, 0.3) is 0 Å². The van der Waals surface area contributed by atoms with Crippen LogP contribution >= 0.6 is 0 Å². The van der Waals surface area contributed by atoms with Gasteiger partial charge in [0.15, 0.2) is 0 Å². The number of aliphatic hydroxyl groups excluding tert-OH is 1. The van der Waals surface area contributed by atoms with Crippen LogP contribution in [0.2, 0.25) is 0 Å². The third kappa shape index (κ3) is 5.95. The SMILES string of the molecule is Cc1[nH]cc(C(=O)Nc2ccc(Nc3ccc(Nc4ccc(N5CCC(O)CC5)cc4)cc3)cc2)c1C. The first-order chi connectivity index (χ1) is 17.9. The summed E-state index contributed by atoms with van der Waals surface area (Å²) in [4.78, 5) is 17.9. The molecule has 0 radical (unpaired) electrons. The fourth-order valence-corrected chi connectivity index (χ4v) is 4.52. The monoisotopic (exact) mass is 495 g/mol. The summed E-state index contributed by atoms with van der Waals surface area (Å²) < 4.78 is 0. The zero-order chi connectivity index (χ0) is 25.8. The Morgan fingerprint density at radius 2 is 1.24 bits per heavy atom. The molecule has 0 aliphatic carbocycles. The number of hydrogen-bond acceptors (Lipinski definition) is 5. The minimum absolute atomic E-state index is 0.119. The van der Waals surface area contributed by atoms with E-state index in [4.69, 9.17) is 0 Å². The molecule has 7 nitrogen and oxygen atoms in total. The van der Waals surface area contributed by atoms with Crippen LogP contribution < -0.4 is 20.9 Å². The smallest absolute Gasteiger partial charge is 0.257 e. The largest absolute Gasteiger partial charge is 0.393 e. The van der Waals surface area contributed by atoms with Crippen LogP contribution in [0.5, 0.6) is 0 Å². The average molecular weight is 496 g/mol. The second-order valence-corrected chi connectivity index (χ2v) is 9.58. The lowest BCUT2D eigenvalue weighted by atomic mass is 10.1. The molecule has 0 atom stereocenters. The minimum atomic E-state index is -0.161. The maximum Gasteiger partial charge on any atom is 0.257 e. The van der Waals surface area contributed by atoms with Gasteiger partial charge in [-0.15, -0.1) is 0 Å². The van der Waals surface area contributed by atoms with Crippen LogP contribution in [0.1, 0.15) is 34.5 Å². The summed E-state index contributed by atoms with van der Waals surface area (Å²) in [6.07, 6.45) is 3.24. The Balaban J connectivity index is 1.14. The van der Waals surface area contributed by atoms with Gasteiger partial charge in [-0.25, -0.2) is 0 Å². The number of amides is 1. The topological polar surface area (TPSA) is 92.4 Å². The molecule has 190 valence electrons. The van der Waals surface area contributed by atoms with E-state index in [0.29, 0.717) is 5.56 Å². The molecule has 1 aliphatic heterocycles. The van der Waals surface area contributed by atoms with Crippen molar-refractivity contribution in [3.63, 3.8) is 0 Å². The van der Waals surface area contributed by atoms with Crippen molar-refractivity contribution in [1.82, 2.24) is 4.98 Å². The molecule has 4 aromatic rings. The molecule has 0 unspecified atom stereocenters. The fraction of sp³-hybridized carbons (Fsp3) is 0.233. The molecule has 2 heterocycles. The molecule has 0 spiro atoms. The van der Waals surface area contributed by atoms with Crippen LogP contribution in [0, 0.1) is 13.8 Å².